The van der Waals surface area contributed by atoms with Crippen molar-refractivity contribution in [2.45, 2.75) is 31.4 Å². The van der Waals surface area contributed by atoms with Crippen molar-refractivity contribution in [1.29, 1.82) is 0 Å². The largest absolute Gasteiger partial charge is 0.416 e. The van der Waals surface area contributed by atoms with E-state index in [0.717, 1.165) is 36.2 Å². The van der Waals surface area contributed by atoms with Gasteiger partial charge in [-0.05, 0) is 37.5 Å². The third-order valence-corrected chi connectivity index (χ3v) is 4.41. The Labute approximate surface area is 139 Å². The second-order valence-electron chi connectivity index (χ2n) is 6.05. The van der Waals surface area contributed by atoms with Crippen LogP contribution in [0.15, 0.2) is 24.4 Å². The van der Waals surface area contributed by atoms with E-state index in [1.807, 2.05) is 0 Å². The lowest BCUT2D eigenvalue weighted by molar-refractivity contribution is -0.137. The van der Waals surface area contributed by atoms with Gasteiger partial charge in [-0.1, -0.05) is 0 Å². The zero-order valence-corrected chi connectivity index (χ0v) is 12.9. The number of hydrogen-bond donors (Lipinski definition) is 3. The molecule has 4 rings (SSSR count). The van der Waals surface area contributed by atoms with Crippen LogP contribution in [0.3, 0.4) is 0 Å². The van der Waals surface area contributed by atoms with Gasteiger partial charge < -0.3 is 4.98 Å². The molecule has 0 radical (unpaired) electrons. The van der Waals surface area contributed by atoms with Gasteiger partial charge in [0.05, 0.1) is 28.7 Å². The molecule has 2 aromatic heterocycles. The lowest BCUT2D eigenvalue weighted by Crippen LogP contribution is -2.24. The van der Waals surface area contributed by atoms with Crippen LogP contribution in [0.4, 0.5) is 19.1 Å². The molecule has 1 amide bonds. The Kier molecular flexibility index (Phi) is 3.52. The number of benzene rings is 1. The summed E-state index contributed by atoms with van der Waals surface area (Å²) in [4.78, 5) is 19.4. The van der Waals surface area contributed by atoms with Crippen molar-refractivity contribution in [2.75, 3.05) is 5.32 Å². The Morgan fingerprint density at radius 3 is 2.96 bits per heavy atom. The normalized spacial score (nSPS) is 17.5. The molecule has 0 aliphatic heterocycles. The first-order valence-corrected chi connectivity index (χ1v) is 7.82. The van der Waals surface area contributed by atoms with Crippen molar-refractivity contribution in [3.63, 3.8) is 0 Å². The highest BCUT2D eigenvalue weighted by molar-refractivity contribution is 5.96. The zero-order chi connectivity index (χ0) is 17.6. The van der Waals surface area contributed by atoms with Crippen LogP contribution in [0.25, 0.3) is 11.0 Å². The van der Waals surface area contributed by atoms with Crippen LogP contribution >= 0.6 is 0 Å². The number of amides is 1. The maximum atomic E-state index is 12.8. The molecule has 6 nitrogen and oxygen atoms in total. The van der Waals surface area contributed by atoms with Crippen molar-refractivity contribution in [2.24, 2.45) is 0 Å². The molecule has 0 bridgehead atoms. The summed E-state index contributed by atoms with van der Waals surface area (Å²) in [6.45, 7) is 0. The lowest BCUT2D eigenvalue weighted by Gasteiger charge is -2.20. The average Bonchev–Trinajstić information content (AvgIpc) is 3.18. The number of H-pyrrole nitrogens is 2. The van der Waals surface area contributed by atoms with E-state index in [1.165, 1.54) is 6.07 Å². The van der Waals surface area contributed by atoms with Gasteiger partial charge in [-0.2, -0.15) is 18.3 Å². The maximum Gasteiger partial charge on any atom is 0.416 e. The Balaban J connectivity index is 1.58. The molecule has 1 aromatic carbocycles. The highest BCUT2D eigenvalue weighted by atomic mass is 19.4. The predicted octanol–water partition coefficient (Wildman–Crippen LogP) is 3.36. The van der Waals surface area contributed by atoms with E-state index >= 15 is 0 Å². The second kappa shape index (κ2) is 5.61. The number of alkyl halides is 3. The van der Waals surface area contributed by atoms with E-state index in [1.54, 1.807) is 6.20 Å². The van der Waals surface area contributed by atoms with Gasteiger partial charge in [-0.15, -0.1) is 0 Å². The molecule has 25 heavy (non-hydrogen) atoms. The SMILES string of the molecule is O=C(Nc1nc2ccc(C(F)(F)F)cc2[nH]1)C1CCCc2[nH]ncc21. The fraction of sp³-hybridized carbons (Fsp3) is 0.312. The summed E-state index contributed by atoms with van der Waals surface area (Å²) in [6, 6.07) is 3.22. The topological polar surface area (TPSA) is 86.5 Å². The minimum absolute atomic E-state index is 0.134. The Hall–Kier alpha value is -2.84. The number of nitrogens with zero attached hydrogens (tertiary/aromatic N) is 2. The van der Waals surface area contributed by atoms with Crippen molar-refractivity contribution in [3.8, 4) is 0 Å². The number of nitrogens with one attached hydrogen (secondary N) is 3. The monoisotopic (exact) mass is 349 g/mol. The highest BCUT2D eigenvalue weighted by Crippen LogP contribution is 2.32. The molecule has 2 heterocycles. The highest BCUT2D eigenvalue weighted by Gasteiger charge is 2.31. The van der Waals surface area contributed by atoms with Crippen molar-refractivity contribution in [1.82, 2.24) is 20.2 Å². The van der Waals surface area contributed by atoms with Gasteiger partial charge >= 0.3 is 6.18 Å². The van der Waals surface area contributed by atoms with Crippen LogP contribution in [0, 0.1) is 0 Å². The van der Waals surface area contributed by atoms with Gasteiger partial charge in [0.15, 0.2) is 0 Å². The number of fused-ring (bicyclic) bond motifs is 2. The number of aromatic nitrogens is 4. The quantitative estimate of drug-likeness (QED) is 0.663. The summed E-state index contributed by atoms with van der Waals surface area (Å²) in [5, 5.41) is 9.53. The Morgan fingerprint density at radius 2 is 2.16 bits per heavy atom. The number of anilines is 1. The van der Waals surface area contributed by atoms with Gasteiger partial charge in [0.2, 0.25) is 11.9 Å². The van der Waals surface area contributed by atoms with Crippen LogP contribution in [0.1, 0.15) is 35.6 Å². The summed E-state index contributed by atoms with van der Waals surface area (Å²) in [7, 11) is 0. The zero-order valence-electron chi connectivity index (χ0n) is 12.9. The first-order chi connectivity index (χ1) is 11.9. The lowest BCUT2D eigenvalue weighted by atomic mass is 9.86. The van der Waals surface area contributed by atoms with Crippen LogP contribution in [0.5, 0.6) is 0 Å². The molecule has 1 atom stereocenters. The fourth-order valence-corrected chi connectivity index (χ4v) is 3.18. The summed E-state index contributed by atoms with van der Waals surface area (Å²) >= 11 is 0. The van der Waals surface area contributed by atoms with Crippen molar-refractivity contribution < 1.29 is 18.0 Å². The number of aromatic amines is 2. The van der Waals surface area contributed by atoms with Crippen LogP contribution in [-0.2, 0) is 17.4 Å². The molecule has 0 saturated heterocycles. The average molecular weight is 349 g/mol. The Morgan fingerprint density at radius 1 is 1.32 bits per heavy atom. The molecular weight excluding hydrogens is 335 g/mol. The predicted molar refractivity (Wildman–Crippen MR) is 84.0 cm³/mol. The molecule has 3 N–H and O–H groups in total. The summed E-state index contributed by atoms with van der Waals surface area (Å²) in [5.74, 6) is -0.464. The van der Waals surface area contributed by atoms with Gasteiger partial charge in [-0.3, -0.25) is 15.2 Å². The minimum atomic E-state index is -4.43. The van der Waals surface area contributed by atoms with Gasteiger partial charge in [0, 0.05) is 11.3 Å². The molecule has 130 valence electrons. The van der Waals surface area contributed by atoms with E-state index in [2.05, 4.69) is 25.5 Å². The summed E-state index contributed by atoms with van der Waals surface area (Å²) < 4.78 is 38.3. The van der Waals surface area contributed by atoms with E-state index < -0.39 is 11.7 Å². The Bertz CT molecular complexity index is 943. The number of carbonyl (C=O) groups excluding carboxylic acids is 1. The third-order valence-electron chi connectivity index (χ3n) is 4.41. The van der Waals surface area contributed by atoms with Crippen LogP contribution in [0.2, 0.25) is 0 Å². The minimum Gasteiger partial charge on any atom is -0.324 e. The van der Waals surface area contributed by atoms with Gasteiger partial charge in [-0.25, -0.2) is 4.98 Å². The van der Waals surface area contributed by atoms with Gasteiger partial charge in [0.1, 0.15) is 0 Å². The van der Waals surface area contributed by atoms with E-state index in [4.69, 9.17) is 0 Å². The third kappa shape index (κ3) is 2.86. The molecule has 3 aromatic rings. The number of hydrogen-bond acceptors (Lipinski definition) is 3. The maximum absolute atomic E-state index is 12.8. The molecule has 0 saturated carbocycles. The number of carbonyl (C=O) groups is 1. The first kappa shape index (κ1) is 15.7. The van der Waals surface area contributed by atoms with Crippen molar-refractivity contribution >= 4 is 22.9 Å². The number of rotatable bonds is 2. The van der Waals surface area contributed by atoms with E-state index in [-0.39, 0.29) is 23.3 Å². The summed E-state index contributed by atoms with van der Waals surface area (Å²) in [6.07, 6.45) is -0.376. The molecule has 1 unspecified atom stereocenters. The number of imidazole rings is 1. The van der Waals surface area contributed by atoms with Crippen molar-refractivity contribution in [3.05, 3.63) is 41.2 Å². The van der Waals surface area contributed by atoms with Gasteiger partial charge in [0.25, 0.3) is 0 Å². The van der Waals surface area contributed by atoms with Crippen LogP contribution in [-0.4, -0.2) is 26.1 Å². The molecule has 1 aliphatic rings. The molecular formula is C16H14F3N5O. The van der Waals surface area contributed by atoms with Crippen LogP contribution < -0.4 is 5.32 Å². The molecule has 0 fully saturated rings. The molecule has 0 spiro atoms. The molecule has 9 heteroatoms. The summed E-state index contributed by atoms with van der Waals surface area (Å²) in [5.41, 5.74) is 1.62. The number of aryl methyl sites for hydroxylation is 1. The fourth-order valence-electron chi connectivity index (χ4n) is 3.18. The van der Waals surface area contributed by atoms with E-state index in [0.29, 0.717) is 11.9 Å². The molecule has 1 aliphatic carbocycles. The van der Waals surface area contributed by atoms with E-state index in [9.17, 15) is 18.0 Å². The smallest absolute Gasteiger partial charge is 0.324 e. The number of halogens is 3. The standard InChI is InChI=1S/C16H14F3N5O/c17-16(18,19)8-4-5-12-13(6-8)22-15(21-12)23-14(25)9-2-1-3-11-10(9)7-20-24-11/h4-7,9H,1-3H2,(H,20,24)(H2,21,22,23,25). The second-order valence-corrected chi connectivity index (χ2v) is 6.05. The first-order valence-electron chi connectivity index (χ1n) is 7.82.